The summed E-state index contributed by atoms with van der Waals surface area (Å²) in [5.74, 6) is 0.795. The summed E-state index contributed by atoms with van der Waals surface area (Å²) in [4.78, 5) is 30.1. The number of benzene rings is 3. The van der Waals surface area contributed by atoms with E-state index in [1.165, 1.54) is 13.0 Å². The first-order valence-electron chi connectivity index (χ1n) is 16.3. The lowest BCUT2D eigenvalue weighted by atomic mass is 9.82. The number of nitrogens with one attached hydrogen (secondary N) is 1. The van der Waals surface area contributed by atoms with Crippen molar-refractivity contribution in [1.82, 2.24) is 4.90 Å². The topological polar surface area (TPSA) is 90.9 Å². The molecule has 0 saturated heterocycles. The number of anilines is 1. The molecule has 3 aromatic rings. The van der Waals surface area contributed by atoms with E-state index in [1.54, 1.807) is 37.3 Å². The van der Waals surface area contributed by atoms with Gasteiger partial charge in [-0.05, 0) is 104 Å². The van der Waals surface area contributed by atoms with E-state index in [4.69, 9.17) is 9.47 Å². The molecule has 0 spiro atoms. The number of hydrogen-bond donors (Lipinski definition) is 1. The van der Waals surface area contributed by atoms with E-state index in [0.717, 1.165) is 60.6 Å². The molecule has 2 fully saturated rings. The molecular formula is C38H45FN2O5S. The highest BCUT2D eigenvalue weighted by atomic mass is 32.2. The molecule has 2 saturated carbocycles. The van der Waals surface area contributed by atoms with Gasteiger partial charge >= 0.3 is 0 Å². The fourth-order valence-corrected chi connectivity index (χ4v) is 8.18. The Morgan fingerprint density at radius 2 is 1.87 bits per heavy atom. The highest BCUT2D eigenvalue weighted by molar-refractivity contribution is 7.92. The molecule has 47 heavy (non-hydrogen) atoms. The fraction of sp³-hybridized carbons (Fsp3) is 0.421. The molecule has 7 nitrogen and oxygen atoms in total. The Hall–Kier alpha value is -3.82. The predicted molar refractivity (Wildman–Crippen MR) is 185 cm³/mol. The summed E-state index contributed by atoms with van der Waals surface area (Å²) in [6.07, 6.45) is 5.82. The van der Waals surface area contributed by atoms with Gasteiger partial charge in [-0.2, -0.15) is 4.39 Å². The van der Waals surface area contributed by atoms with Gasteiger partial charge in [0.15, 0.2) is 4.90 Å². The van der Waals surface area contributed by atoms with Crippen LogP contribution in [0.5, 0.6) is 11.5 Å². The molecule has 0 aromatic heterocycles. The minimum atomic E-state index is -2.11. The summed E-state index contributed by atoms with van der Waals surface area (Å²) in [7, 11) is 3.33. The van der Waals surface area contributed by atoms with Gasteiger partial charge in [0, 0.05) is 42.9 Å². The molecule has 0 heterocycles. The molecule has 2 unspecified atom stereocenters. The van der Waals surface area contributed by atoms with Gasteiger partial charge in [-0.15, -0.1) is 0 Å². The van der Waals surface area contributed by atoms with E-state index in [-0.39, 0.29) is 34.6 Å². The average molecular weight is 661 g/mol. The van der Waals surface area contributed by atoms with Crippen LogP contribution in [0.15, 0.2) is 78.2 Å². The number of aryl methyl sites for hydroxylation is 1. The van der Waals surface area contributed by atoms with Gasteiger partial charge in [-0.25, -0.2) is 0 Å². The third-order valence-corrected chi connectivity index (χ3v) is 11.3. The predicted octanol–water partition coefficient (Wildman–Crippen LogP) is 7.95. The molecule has 2 aliphatic carbocycles. The van der Waals surface area contributed by atoms with Crippen LogP contribution in [0.2, 0.25) is 0 Å². The Balaban J connectivity index is 1.38. The number of ether oxygens (including phenoxy) is 2. The zero-order valence-corrected chi connectivity index (χ0v) is 28.7. The first-order chi connectivity index (χ1) is 22.5. The first kappa shape index (κ1) is 34.5. The number of rotatable bonds is 13. The monoisotopic (exact) mass is 660 g/mol. The number of amides is 2. The highest BCUT2D eigenvalue weighted by Gasteiger charge is 2.53. The lowest BCUT2D eigenvalue weighted by molar-refractivity contribution is -0.123. The first-order valence-corrected chi connectivity index (χ1v) is 17.5. The average Bonchev–Trinajstić information content (AvgIpc) is 3.70. The standard InChI is InChI=1S/C38H45FN2O5S/c1-7-9-19-46-29-17-15-25(16-18-29)31-23-32(33(45-6)20-24(31)3)37(43)41(5)35-27-14-13-26(21-27)34(35)36(42)40-28-11-10-12-30(22-28)47(44)38(4,39)8-2/h8,10-12,15-18,20,22-23,26-27,34-35H,2,7,9,13-14,19,21H2,1,3-6H3,(H,40,42)/t26-,27+,34+,35-,38?,47?/m1/s1. The van der Waals surface area contributed by atoms with E-state index in [1.807, 2.05) is 43.3 Å². The van der Waals surface area contributed by atoms with Crippen molar-refractivity contribution in [3.63, 3.8) is 0 Å². The largest absolute Gasteiger partial charge is 0.609 e. The number of halogens is 1. The molecule has 250 valence electrons. The molecule has 2 bridgehead atoms. The second-order valence-electron chi connectivity index (χ2n) is 12.8. The second kappa shape index (κ2) is 14.5. The Kier molecular flexibility index (Phi) is 10.7. The fourth-order valence-electron chi connectivity index (χ4n) is 7.13. The van der Waals surface area contributed by atoms with Gasteiger partial charge in [0.1, 0.15) is 11.5 Å². The van der Waals surface area contributed by atoms with Crippen LogP contribution in [0.4, 0.5) is 10.1 Å². The van der Waals surface area contributed by atoms with Gasteiger partial charge in [0.05, 0.1) is 25.2 Å². The minimum absolute atomic E-state index is 0.140. The zero-order valence-electron chi connectivity index (χ0n) is 27.9. The Morgan fingerprint density at radius 3 is 2.55 bits per heavy atom. The van der Waals surface area contributed by atoms with Crippen LogP contribution in [0, 0.1) is 24.7 Å². The summed E-state index contributed by atoms with van der Waals surface area (Å²) in [5.41, 5.74) is 3.73. The summed E-state index contributed by atoms with van der Waals surface area (Å²) in [6.45, 7) is 9.45. The van der Waals surface area contributed by atoms with Gasteiger partial charge in [0.25, 0.3) is 10.9 Å². The Morgan fingerprint density at radius 1 is 1.15 bits per heavy atom. The quantitative estimate of drug-likeness (QED) is 0.114. The Bertz CT molecular complexity index is 1610. The lowest BCUT2D eigenvalue weighted by Gasteiger charge is -2.37. The van der Waals surface area contributed by atoms with Crippen molar-refractivity contribution in [2.24, 2.45) is 17.8 Å². The van der Waals surface area contributed by atoms with Crippen LogP contribution < -0.4 is 14.8 Å². The van der Waals surface area contributed by atoms with Crippen molar-refractivity contribution in [3.05, 3.63) is 84.4 Å². The van der Waals surface area contributed by atoms with Crippen LogP contribution in [0.3, 0.4) is 0 Å². The lowest BCUT2D eigenvalue weighted by Crippen LogP contribution is -2.49. The molecule has 5 rings (SSSR count). The number of carbonyl (C=O) groups excluding carboxylic acids is 2. The molecular weight excluding hydrogens is 615 g/mol. The van der Waals surface area contributed by atoms with Gasteiger partial charge in [-0.1, -0.05) is 38.1 Å². The number of alkyl halides is 1. The number of hydrogen-bond acceptors (Lipinski definition) is 5. The number of fused-ring (bicyclic) bond motifs is 2. The van der Waals surface area contributed by atoms with Crippen molar-refractivity contribution >= 4 is 28.7 Å². The molecule has 0 aliphatic heterocycles. The maximum Gasteiger partial charge on any atom is 0.283 e. The summed E-state index contributed by atoms with van der Waals surface area (Å²) in [6, 6.07) is 17.8. The number of nitrogens with zero attached hydrogens (tertiary/aromatic N) is 1. The van der Waals surface area contributed by atoms with Gasteiger partial charge in [-0.3, -0.25) is 9.59 Å². The summed E-state index contributed by atoms with van der Waals surface area (Å²) >= 11 is -2.00. The molecule has 1 N–H and O–H groups in total. The van der Waals surface area contributed by atoms with E-state index in [0.29, 0.717) is 23.6 Å². The number of carbonyl (C=O) groups is 2. The van der Waals surface area contributed by atoms with Crippen LogP contribution in [-0.4, -0.2) is 53.1 Å². The van der Waals surface area contributed by atoms with Crippen LogP contribution >= 0.6 is 0 Å². The maximum absolute atomic E-state index is 14.7. The zero-order chi connectivity index (χ0) is 33.9. The summed E-state index contributed by atoms with van der Waals surface area (Å²) in [5, 5.41) is 0.877. The molecule has 0 radical (unpaired) electrons. The van der Waals surface area contributed by atoms with E-state index in [9.17, 15) is 18.5 Å². The van der Waals surface area contributed by atoms with E-state index in [2.05, 4.69) is 18.8 Å². The normalized spacial score (nSPS) is 21.9. The molecule has 3 aromatic carbocycles. The molecule has 6 atom stereocenters. The number of methoxy groups -OCH3 is 1. The van der Waals surface area contributed by atoms with Crippen molar-refractivity contribution in [1.29, 1.82) is 0 Å². The van der Waals surface area contributed by atoms with Crippen molar-refractivity contribution in [2.75, 3.05) is 26.1 Å². The van der Waals surface area contributed by atoms with Crippen molar-refractivity contribution in [2.45, 2.75) is 68.8 Å². The number of unbranched alkanes of at least 4 members (excludes halogenated alkanes) is 1. The highest BCUT2D eigenvalue weighted by Crippen LogP contribution is 2.51. The maximum atomic E-state index is 14.7. The molecule has 9 heteroatoms. The smallest absolute Gasteiger partial charge is 0.283 e. The van der Waals surface area contributed by atoms with Gasteiger partial charge in [0.2, 0.25) is 5.91 Å². The molecule has 2 amide bonds. The third kappa shape index (κ3) is 7.21. The second-order valence-corrected chi connectivity index (χ2v) is 14.6. The third-order valence-electron chi connectivity index (χ3n) is 9.69. The SMILES string of the molecule is C=CC(C)(F)[S+]([O-])c1cccc(NC(=O)[C@H]2[C@@H]3CC[C@@H](C3)[C@H]2N(C)C(=O)c2cc(-c3ccc(OCCCC)cc3)c(C)cc2OC)c1. The van der Waals surface area contributed by atoms with Crippen LogP contribution in [-0.2, 0) is 16.0 Å². The Labute approximate surface area is 280 Å². The van der Waals surface area contributed by atoms with Crippen LogP contribution in [0.1, 0.15) is 61.9 Å². The minimum Gasteiger partial charge on any atom is -0.609 e. The van der Waals surface area contributed by atoms with Gasteiger partial charge < -0.3 is 24.2 Å². The summed E-state index contributed by atoms with van der Waals surface area (Å²) < 4.78 is 39.0. The van der Waals surface area contributed by atoms with Crippen molar-refractivity contribution < 1.29 is 28.0 Å². The molecule has 2 aliphatic rings. The van der Waals surface area contributed by atoms with E-state index < -0.39 is 22.1 Å². The van der Waals surface area contributed by atoms with Crippen molar-refractivity contribution in [3.8, 4) is 22.6 Å². The van der Waals surface area contributed by atoms with E-state index >= 15 is 0 Å². The van der Waals surface area contributed by atoms with Crippen LogP contribution in [0.25, 0.3) is 11.1 Å².